The average Bonchev–Trinajstić information content (AvgIpc) is 2.67. The van der Waals surface area contributed by atoms with E-state index in [1.165, 1.54) is 9.80 Å². The lowest BCUT2D eigenvalue weighted by atomic mass is 10.2. The first-order chi connectivity index (χ1) is 9.28. The minimum absolute atomic E-state index is 0.116. The van der Waals surface area contributed by atoms with Crippen LogP contribution in [0.4, 0.5) is 19.0 Å². The molecule has 112 valence electrons. The van der Waals surface area contributed by atoms with Crippen molar-refractivity contribution in [3.8, 4) is 0 Å². The maximum Gasteiger partial charge on any atom is 0.401 e. The number of nitrogens with two attached hydrogens (primary N) is 1. The molecule has 0 unspecified atom stereocenters. The van der Waals surface area contributed by atoms with Gasteiger partial charge < -0.3 is 10.6 Å². The summed E-state index contributed by atoms with van der Waals surface area (Å²) in [5, 5.41) is 6.36. The number of aromatic nitrogens is 2. The van der Waals surface area contributed by atoms with Crippen LogP contribution in [0.2, 0.25) is 0 Å². The molecule has 0 aromatic carbocycles. The number of carbonyl (C=O) groups is 1. The molecule has 1 aromatic heterocycles. The molecule has 2 rings (SSSR count). The number of amides is 1. The van der Waals surface area contributed by atoms with Crippen LogP contribution in [-0.4, -0.2) is 64.8 Å². The maximum absolute atomic E-state index is 12.3. The molecule has 0 radical (unpaired) electrons. The molecule has 6 nitrogen and oxygen atoms in total. The molecule has 0 bridgehead atoms. The molecule has 0 saturated carbocycles. The van der Waals surface area contributed by atoms with Crippen LogP contribution in [0, 0.1) is 6.92 Å². The smallest absolute Gasteiger partial charge is 0.382 e. The Hall–Kier alpha value is -1.77. The lowest BCUT2D eigenvalue weighted by Crippen LogP contribution is -2.51. The Morgan fingerprint density at radius 3 is 2.40 bits per heavy atom. The topological polar surface area (TPSA) is 78.2 Å². The summed E-state index contributed by atoms with van der Waals surface area (Å²) in [6, 6.07) is 0. The van der Waals surface area contributed by atoms with Crippen molar-refractivity contribution in [2.24, 2.45) is 0 Å². The molecule has 1 aliphatic rings. The van der Waals surface area contributed by atoms with E-state index >= 15 is 0 Å². The summed E-state index contributed by atoms with van der Waals surface area (Å²) < 4.78 is 36.8. The average molecular weight is 291 g/mol. The molecule has 0 atom stereocenters. The van der Waals surface area contributed by atoms with Gasteiger partial charge in [-0.25, -0.2) is 0 Å². The molecule has 9 heteroatoms. The third kappa shape index (κ3) is 3.21. The number of rotatable bonds is 2. The molecule has 1 amide bonds. The number of alkyl halides is 3. The standard InChI is InChI=1S/C11H16F3N5O/c1-7-8(9(15)17-16-7)10(20)19-4-2-18(3-5-19)6-11(12,13)14/h2-6H2,1H3,(H3,15,16,17). The summed E-state index contributed by atoms with van der Waals surface area (Å²) in [6.07, 6.45) is -4.21. The molecule has 20 heavy (non-hydrogen) atoms. The van der Waals surface area contributed by atoms with Crippen molar-refractivity contribution in [2.75, 3.05) is 38.5 Å². The van der Waals surface area contributed by atoms with Gasteiger partial charge in [0.2, 0.25) is 0 Å². The van der Waals surface area contributed by atoms with Gasteiger partial charge in [-0.15, -0.1) is 0 Å². The van der Waals surface area contributed by atoms with Crippen LogP contribution in [0.15, 0.2) is 0 Å². The van der Waals surface area contributed by atoms with Gasteiger partial charge in [-0.1, -0.05) is 0 Å². The van der Waals surface area contributed by atoms with E-state index in [2.05, 4.69) is 10.2 Å². The number of H-pyrrole nitrogens is 1. The van der Waals surface area contributed by atoms with Crippen molar-refractivity contribution in [2.45, 2.75) is 13.1 Å². The number of nitrogen functional groups attached to an aromatic ring is 1. The molecule has 1 aliphatic heterocycles. The van der Waals surface area contributed by atoms with E-state index in [0.29, 0.717) is 11.3 Å². The van der Waals surface area contributed by atoms with Crippen molar-refractivity contribution in [1.29, 1.82) is 0 Å². The fourth-order valence-electron chi connectivity index (χ4n) is 2.24. The Morgan fingerprint density at radius 1 is 1.35 bits per heavy atom. The first-order valence-electron chi connectivity index (χ1n) is 6.17. The molecule has 3 N–H and O–H groups in total. The van der Waals surface area contributed by atoms with Gasteiger partial charge in [0.1, 0.15) is 5.56 Å². The summed E-state index contributed by atoms with van der Waals surface area (Å²) in [4.78, 5) is 15.0. The summed E-state index contributed by atoms with van der Waals surface area (Å²) in [6.45, 7) is 1.63. The first kappa shape index (κ1) is 14.6. The van der Waals surface area contributed by atoms with Crippen LogP contribution < -0.4 is 5.73 Å². The normalized spacial score (nSPS) is 17.5. The van der Waals surface area contributed by atoms with Crippen LogP contribution in [-0.2, 0) is 0 Å². The summed E-state index contributed by atoms with van der Waals surface area (Å²) in [5.41, 5.74) is 6.47. The highest BCUT2D eigenvalue weighted by molar-refractivity contribution is 5.99. The van der Waals surface area contributed by atoms with E-state index in [9.17, 15) is 18.0 Å². The van der Waals surface area contributed by atoms with Crippen LogP contribution in [0.1, 0.15) is 16.1 Å². The summed E-state index contributed by atoms with van der Waals surface area (Å²) in [5.74, 6) is -0.175. The predicted octanol–water partition coefficient (Wildman–Crippen LogP) is 0.620. The number of aromatic amines is 1. The monoisotopic (exact) mass is 291 g/mol. The van der Waals surface area contributed by atoms with Gasteiger partial charge >= 0.3 is 6.18 Å². The van der Waals surface area contributed by atoms with Gasteiger partial charge in [0.05, 0.1) is 6.54 Å². The second-order valence-electron chi connectivity index (χ2n) is 4.79. The quantitative estimate of drug-likeness (QED) is 0.837. The zero-order valence-electron chi connectivity index (χ0n) is 11.0. The minimum atomic E-state index is -4.21. The zero-order chi connectivity index (χ0) is 14.9. The first-order valence-corrected chi connectivity index (χ1v) is 6.17. The van der Waals surface area contributed by atoms with Gasteiger partial charge in [-0.05, 0) is 6.92 Å². The molecule has 1 fully saturated rings. The second kappa shape index (κ2) is 5.31. The Labute approximate surface area is 113 Å². The van der Waals surface area contributed by atoms with Crippen molar-refractivity contribution < 1.29 is 18.0 Å². The Bertz CT molecular complexity index is 471. The van der Waals surface area contributed by atoms with Gasteiger partial charge in [0.15, 0.2) is 5.82 Å². The number of piperazine rings is 1. The lowest BCUT2D eigenvalue weighted by Gasteiger charge is -2.35. The molecular weight excluding hydrogens is 275 g/mol. The number of nitrogens with zero attached hydrogens (tertiary/aromatic N) is 3. The third-order valence-corrected chi connectivity index (χ3v) is 3.25. The summed E-state index contributed by atoms with van der Waals surface area (Å²) in [7, 11) is 0. The Balaban J connectivity index is 1.96. The number of nitrogens with one attached hydrogen (secondary N) is 1. The van der Waals surface area contributed by atoms with Gasteiger partial charge in [0.25, 0.3) is 5.91 Å². The van der Waals surface area contributed by atoms with Gasteiger partial charge in [-0.3, -0.25) is 14.8 Å². The third-order valence-electron chi connectivity index (χ3n) is 3.25. The van der Waals surface area contributed by atoms with Gasteiger partial charge in [-0.2, -0.15) is 18.3 Å². The molecule has 0 spiro atoms. The SMILES string of the molecule is Cc1[nH]nc(N)c1C(=O)N1CCN(CC(F)(F)F)CC1. The molecule has 1 aromatic rings. The number of carbonyl (C=O) groups excluding carboxylic acids is 1. The molecule has 1 saturated heterocycles. The Kier molecular flexibility index (Phi) is 3.89. The van der Waals surface area contributed by atoms with Crippen molar-refractivity contribution in [3.05, 3.63) is 11.3 Å². The largest absolute Gasteiger partial charge is 0.401 e. The van der Waals surface area contributed by atoms with Crippen LogP contribution in [0.3, 0.4) is 0 Å². The molecule has 2 heterocycles. The van der Waals surface area contributed by atoms with E-state index < -0.39 is 12.7 Å². The zero-order valence-corrected chi connectivity index (χ0v) is 11.0. The van der Waals surface area contributed by atoms with E-state index in [1.54, 1.807) is 6.92 Å². The van der Waals surface area contributed by atoms with Crippen molar-refractivity contribution in [3.63, 3.8) is 0 Å². The van der Waals surface area contributed by atoms with Crippen LogP contribution in [0.25, 0.3) is 0 Å². The van der Waals surface area contributed by atoms with Crippen LogP contribution >= 0.6 is 0 Å². The number of hydrogen-bond acceptors (Lipinski definition) is 4. The highest BCUT2D eigenvalue weighted by Crippen LogP contribution is 2.19. The van der Waals surface area contributed by atoms with Gasteiger partial charge in [0, 0.05) is 31.9 Å². The van der Waals surface area contributed by atoms with E-state index in [-0.39, 0.29) is 37.9 Å². The number of aryl methyl sites for hydroxylation is 1. The lowest BCUT2D eigenvalue weighted by molar-refractivity contribution is -0.148. The number of halogens is 3. The molecular formula is C11H16F3N5O. The Morgan fingerprint density at radius 2 is 1.95 bits per heavy atom. The number of hydrogen-bond donors (Lipinski definition) is 2. The highest BCUT2D eigenvalue weighted by Gasteiger charge is 2.33. The van der Waals surface area contributed by atoms with E-state index in [4.69, 9.17) is 5.73 Å². The van der Waals surface area contributed by atoms with Crippen molar-refractivity contribution in [1.82, 2.24) is 20.0 Å². The highest BCUT2D eigenvalue weighted by atomic mass is 19.4. The minimum Gasteiger partial charge on any atom is -0.382 e. The fraction of sp³-hybridized carbons (Fsp3) is 0.636. The van der Waals surface area contributed by atoms with Crippen LogP contribution in [0.5, 0.6) is 0 Å². The fourth-order valence-corrected chi connectivity index (χ4v) is 2.24. The molecule has 0 aliphatic carbocycles. The van der Waals surface area contributed by atoms with E-state index in [0.717, 1.165) is 0 Å². The van der Waals surface area contributed by atoms with Crippen molar-refractivity contribution >= 4 is 11.7 Å². The predicted molar refractivity (Wildman–Crippen MR) is 66.1 cm³/mol. The maximum atomic E-state index is 12.3. The second-order valence-corrected chi connectivity index (χ2v) is 4.79. The van der Waals surface area contributed by atoms with E-state index in [1.807, 2.05) is 0 Å². The number of anilines is 1. The summed E-state index contributed by atoms with van der Waals surface area (Å²) >= 11 is 0.